The number of benzene rings is 4. The van der Waals surface area contributed by atoms with Gasteiger partial charge in [-0.1, -0.05) is 70.8 Å². The molecule has 0 aromatic heterocycles. The summed E-state index contributed by atoms with van der Waals surface area (Å²) in [5.41, 5.74) is -5.32. The molecule has 22 heteroatoms. The summed E-state index contributed by atoms with van der Waals surface area (Å²) in [5, 5.41) is 26.7. The molecule has 0 radical (unpaired) electrons. The van der Waals surface area contributed by atoms with Crippen molar-refractivity contribution in [2.45, 2.75) is 58.4 Å². The lowest BCUT2D eigenvalue weighted by Gasteiger charge is -2.35. The third-order valence-electron chi connectivity index (χ3n) is 8.62. The highest BCUT2D eigenvalue weighted by Gasteiger charge is 2.74. The maximum Gasteiger partial charge on any atom is 0.343 e. The van der Waals surface area contributed by atoms with E-state index in [9.17, 15) is 53.9 Å². The molecule has 0 amide bonds. The van der Waals surface area contributed by atoms with E-state index in [1.165, 1.54) is 48.5 Å². The summed E-state index contributed by atoms with van der Waals surface area (Å²) in [5.74, 6) is 0. The number of hydrogen-bond acceptors (Lipinski definition) is 16. The Labute approximate surface area is 323 Å². The molecule has 4 rings (SSSR count). The first-order valence-corrected chi connectivity index (χ1v) is 21.7. The highest BCUT2D eigenvalue weighted by molar-refractivity contribution is 7.87. The maximum atomic E-state index is 13.4. The van der Waals surface area contributed by atoms with Crippen LogP contribution in [0.2, 0.25) is 0 Å². The molecule has 4 aromatic rings. The monoisotopic (exact) mass is 856 g/mol. The number of aryl methyl sites for hydroxylation is 4. The molecule has 0 fully saturated rings. The highest BCUT2D eigenvalue weighted by atomic mass is 32.2. The Morgan fingerprint density at radius 1 is 0.393 bits per heavy atom. The topological polar surface area (TPSA) is 260 Å². The molecule has 0 heterocycles. The van der Waals surface area contributed by atoms with Crippen LogP contribution in [0.1, 0.15) is 22.3 Å². The van der Waals surface area contributed by atoms with Gasteiger partial charge in [0.1, 0.15) is 26.4 Å². The third-order valence-corrected chi connectivity index (χ3v) is 13.7. The van der Waals surface area contributed by atoms with E-state index in [0.717, 1.165) is 48.5 Å². The Balaban J connectivity index is 1.95. The lowest BCUT2D eigenvalue weighted by atomic mass is 9.79. The van der Waals surface area contributed by atoms with Gasteiger partial charge in [0.25, 0.3) is 40.5 Å². The normalized spacial score (nSPS) is 13.0. The zero-order valence-electron chi connectivity index (χ0n) is 30.1. The molecule has 18 nitrogen and oxygen atoms in total. The summed E-state index contributed by atoms with van der Waals surface area (Å²) >= 11 is 0. The van der Waals surface area contributed by atoms with E-state index in [2.05, 4.69) is 0 Å². The van der Waals surface area contributed by atoms with Gasteiger partial charge in [-0.05, 0) is 76.2 Å². The molecular weight excluding hydrogens is 821 g/mol. The zero-order chi connectivity index (χ0) is 41.7. The summed E-state index contributed by atoms with van der Waals surface area (Å²) in [4.78, 5) is 21.3. The molecule has 302 valence electrons. The lowest BCUT2D eigenvalue weighted by molar-refractivity contribution is -0.691. The Morgan fingerprint density at radius 3 is 0.696 bits per heavy atom. The lowest BCUT2D eigenvalue weighted by Crippen LogP contribution is -2.72. The zero-order valence-corrected chi connectivity index (χ0v) is 33.4. The average Bonchev–Trinajstić information content (AvgIpc) is 3.12. The molecule has 0 aliphatic carbocycles. The largest absolute Gasteiger partial charge is 0.343 e. The van der Waals surface area contributed by atoms with Crippen molar-refractivity contribution in [1.29, 1.82) is 0 Å². The Morgan fingerprint density at radius 2 is 0.554 bits per heavy atom. The molecule has 0 saturated carbocycles. The van der Waals surface area contributed by atoms with Gasteiger partial charge in [-0.15, -0.1) is 0 Å². The average molecular weight is 857 g/mol. The van der Waals surface area contributed by atoms with Gasteiger partial charge >= 0.3 is 11.1 Å². The summed E-state index contributed by atoms with van der Waals surface area (Å²) in [7, 11) is -20.3. The fraction of sp³-hybridized carbons (Fsp3) is 0.294. The van der Waals surface area contributed by atoms with E-state index in [-0.39, 0.29) is 0 Å². The molecule has 0 saturated heterocycles. The van der Waals surface area contributed by atoms with E-state index < -0.39 is 107 Å². The van der Waals surface area contributed by atoms with Crippen molar-refractivity contribution in [3.8, 4) is 0 Å². The van der Waals surface area contributed by atoms with Crippen molar-refractivity contribution in [3.05, 3.63) is 140 Å². The molecule has 0 unspecified atom stereocenters. The molecule has 0 spiro atoms. The molecular formula is C34H36N2O16S4. The van der Waals surface area contributed by atoms with E-state index >= 15 is 0 Å². The van der Waals surface area contributed by atoms with Crippen molar-refractivity contribution >= 4 is 40.5 Å². The van der Waals surface area contributed by atoms with Gasteiger partial charge in [0.15, 0.2) is 0 Å². The van der Waals surface area contributed by atoms with Crippen molar-refractivity contribution in [1.82, 2.24) is 0 Å². The summed E-state index contributed by atoms with van der Waals surface area (Å²) in [6.45, 7) is -1.32. The maximum absolute atomic E-state index is 13.4. The Bertz CT molecular complexity index is 2170. The van der Waals surface area contributed by atoms with Crippen LogP contribution in [0.5, 0.6) is 0 Å². The van der Waals surface area contributed by atoms with Crippen LogP contribution >= 0.6 is 0 Å². The minimum atomic E-state index is -5.07. The van der Waals surface area contributed by atoms with Crippen LogP contribution in [0.15, 0.2) is 117 Å². The van der Waals surface area contributed by atoms with Crippen LogP contribution in [0, 0.1) is 47.9 Å². The van der Waals surface area contributed by atoms with Gasteiger partial charge in [-0.3, -0.25) is 37.0 Å². The first-order chi connectivity index (χ1) is 26.0. The molecule has 0 aliphatic heterocycles. The molecule has 0 bridgehead atoms. The fourth-order valence-corrected chi connectivity index (χ4v) is 8.79. The molecule has 4 aromatic carbocycles. The van der Waals surface area contributed by atoms with Crippen LogP contribution < -0.4 is 0 Å². The van der Waals surface area contributed by atoms with Gasteiger partial charge in [0, 0.05) is 9.85 Å². The van der Waals surface area contributed by atoms with Crippen LogP contribution in [0.25, 0.3) is 0 Å². The van der Waals surface area contributed by atoms with Crippen molar-refractivity contribution in [2.24, 2.45) is 0 Å². The second-order valence-corrected chi connectivity index (χ2v) is 19.2. The molecule has 56 heavy (non-hydrogen) atoms. The minimum Gasteiger partial charge on any atom is -0.263 e. The van der Waals surface area contributed by atoms with Crippen LogP contribution in [-0.4, -0.2) is 81.0 Å². The van der Waals surface area contributed by atoms with Crippen LogP contribution in [-0.2, 0) is 57.2 Å². The van der Waals surface area contributed by atoms with Gasteiger partial charge in [0.2, 0.25) is 0 Å². The Hall–Kier alpha value is -4.68. The molecule has 0 N–H and O–H groups in total. The van der Waals surface area contributed by atoms with Crippen LogP contribution in [0.4, 0.5) is 0 Å². The fourth-order valence-electron chi connectivity index (χ4n) is 4.96. The second kappa shape index (κ2) is 16.8. The second-order valence-electron chi connectivity index (χ2n) is 12.7. The first-order valence-electron chi connectivity index (χ1n) is 16.1. The predicted octanol–water partition coefficient (Wildman–Crippen LogP) is 3.87. The quantitative estimate of drug-likeness (QED) is 0.0736. The number of nitro groups is 2. The number of hydrogen-bond donors (Lipinski definition) is 0. The van der Waals surface area contributed by atoms with Crippen LogP contribution in [0.3, 0.4) is 0 Å². The van der Waals surface area contributed by atoms with E-state index in [0.29, 0.717) is 22.3 Å². The van der Waals surface area contributed by atoms with E-state index in [4.69, 9.17) is 16.7 Å². The summed E-state index contributed by atoms with van der Waals surface area (Å²) < 4.78 is 127. The highest BCUT2D eigenvalue weighted by Crippen LogP contribution is 2.36. The number of nitrogens with zero attached hydrogens (tertiary/aromatic N) is 2. The standard InChI is InChI=1S/C34H36N2O16S4/c1-25-5-13-29(14-6-25)53(41,42)49-21-33(35(37)38,22-50-54(43,44)30-15-7-26(2)8-16-30)34(36(39)40,23-51-55(45,46)31-17-9-27(3)10-18-31)24-52-56(47,48)32-19-11-28(4)12-20-32/h5-20H,21-24H2,1-4H3. The van der Waals surface area contributed by atoms with E-state index in [1.807, 2.05) is 0 Å². The predicted molar refractivity (Wildman–Crippen MR) is 197 cm³/mol. The molecule has 0 atom stereocenters. The van der Waals surface area contributed by atoms with Gasteiger partial charge < -0.3 is 0 Å². The van der Waals surface area contributed by atoms with Gasteiger partial charge in [-0.2, -0.15) is 33.7 Å². The van der Waals surface area contributed by atoms with Gasteiger partial charge in [0.05, 0.1) is 19.6 Å². The number of rotatable bonds is 19. The van der Waals surface area contributed by atoms with Crippen molar-refractivity contribution in [3.63, 3.8) is 0 Å². The summed E-state index contributed by atoms with van der Waals surface area (Å²) in [6.07, 6.45) is 0. The minimum absolute atomic E-state index is 0.586. The Kier molecular flexibility index (Phi) is 13.2. The van der Waals surface area contributed by atoms with E-state index in [1.54, 1.807) is 27.7 Å². The van der Waals surface area contributed by atoms with Gasteiger partial charge in [-0.25, -0.2) is 0 Å². The summed E-state index contributed by atoms with van der Waals surface area (Å²) in [6, 6.07) is 19.1. The SMILES string of the molecule is Cc1ccc(S(=O)(=O)OCC(COS(=O)(=O)c2ccc(C)cc2)([N+](=O)[O-])C(COS(=O)(=O)c2ccc(C)cc2)(COS(=O)(=O)c2ccc(C)cc2)[N+](=O)[O-])cc1. The van der Waals surface area contributed by atoms with Crippen molar-refractivity contribution < 1.29 is 60.3 Å². The third kappa shape index (κ3) is 9.81. The molecule has 0 aliphatic rings. The smallest absolute Gasteiger partial charge is 0.263 e. The first kappa shape index (κ1) is 44.0. The van der Waals surface area contributed by atoms with Crippen molar-refractivity contribution in [2.75, 3.05) is 26.4 Å².